The molecule has 0 aliphatic heterocycles. The molecule has 1 saturated carbocycles. The first-order chi connectivity index (χ1) is 10.9. The molecule has 0 radical (unpaired) electrons. The fraction of sp³-hybridized carbons (Fsp3) is 0.529. The number of anilines is 1. The molecule has 1 fully saturated rings. The molecule has 126 valence electrons. The van der Waals surface area contributed by atoms with E-state index in [1.807, 2.05) is 21.0 Å². The number of amides is 2. The third-order valence-electron chi connectivity index (χ3n) is 4.35. The van der Waals surface area contributed by atoms with Crippen LogP contribution < -0.4 is 10.6 Å². The van der Waals surface area contributed by atoms with Crippen LogP contribution in [0.5, 0.6) is 0 Å². The fourth-order valence-corrected chi connectivity index (χ4v) is 3.24. The molecule has 23 heavy (non-hydrogen) atoms. The lowest BCUT2D eigenvalue weighted by molar-refractivity contribution is -0.127. The average molecular weight is 338 g/mol. The number of hydrogen-bond donors (Lipinski definition) is 2. The largest absolute Gasteiger partial charge is 0.351 e. The quantitative estimate of drug-likeness (QED) is 0.812. The van der Waals surface area contributed by atoms with E-state index in [1.54, 1.807) is 18.2 Å². The Morgan fingerprint density at radius 3 is 2.70 bits per heavy atom. The minimum absolute atomic E-state index is 0.123. The van der Waals surface area contributed by atoms with Crippen molar-refractivity contribution in [1.29, 1.82) is 0 Å². The zero-order valence-corrected chi connectivity index (χ0v) is 14.6. The minimum Gasteiger partial charge on any atom is -0.351 e. The van der Waals surface area contributed by atoms with Crippen LogP contribution in [0.2, 0.25) is 5.02 Å². The maximum Gasteiger partial charge on any atom is 0.233 e. The summed E-state index contributed by atoms with van der Waals surface area (Å²) in [4.78, 5) is 26.3. The Morgan fingerprint density at radius 2 is 2.00 bits per heavy atom. The smallest absolute Gasteiger partial charge is 0.233 e. The summed E-state index contributed by atoms with van der Waals surface area (Å²) in [5, 5.41) is 6.32. The second-order valence-electron chi connectivity index (χ2n) is 6.27. The maximum atomic E-state index is 12.1. The predicted molar refractivity (Wildman–Crippen MR) is 92.7 cm³/mol. The molecule has 0 saturated heterocycles. The maximum absolute atomic E-state index is 12.1. The Balaban J connectivity index is 1.87. The normalized spacial score (nSPS) is 20.6. The Labute approximate surface area is 142 Å². The van der Waals surface area contributed by atoms with E-state index in [0.717, 1.165) is 24.8 Å². The summed E-state index contributed by atoms with van der Waals surface area (Å²) < 4.78 is 0. The van der Waals surface area contributed by atoms with Crippen LogP contribution in [-0.4, -0.2) is 42.9 Å². The first kappa shape index (κ1) is 17.8. The molecular formula is C17H24ClN3O2. The van der Waals surface area contributed by atoms with Crippen molar-refractivity contribution in [3.63, 3.8) is 0 Å². The topological polar surface area (TPSA) is 61.4 Å². The molecule has 2 amide bonds. The molecule has 0 bridgehead atoms. The van der Waals surface area contributed by atoms with Gasteiger partial charge in [-0.15, -0.1) is 0 Å². The summed E-state index contributed by atoms with van der Waals surface area (Å²) in [5.74, 6) is -0.562. The number of nitrogens with one attached hydrogen (secondary N) is 2. The van der Waals surface area contributed by atoms with Crippen LogP contribution in [0.15, 0.2) is 18.2 Å². The van der Waals surface area contributed by atoms with E-state index < -0.39 is 0 Å². The fourth-order valence-electron chi connectivity index (χ4n) is 3.07. The summed E-state index contributed by atoms with van der Waals surface area (Å²) in [5.41, 5.74) is 1.44. The average Bonchev–Trinajstić information content (AvgIpc) is 2.92. The molecule has 0 heterocycles. The minimum atomic E-state index is -0.327. The number of halogens is 1. The van der Waals surface area contributed by atoms with Gasteiger partial charge in [0, 0.05) is 22.8 Å². The van der Waals surface area contributed by atoms with Crippen molar-refractivity contribution in [3.05, 3.63) is 28.8 Å². The summed E-state index contributed by atoms with van der Waals surface area (Å²) >= 11 is 6.03. The van der Waals surface area contributed by atoms with Gasteiger partial charge < -0.3 is 15.5 Å². The Morgan fingerprint density at radius 1 is 1.26 bits per heavy atom. The van der Waals surface area contributed by atoms with Crippen molar-refractivity contribution in [2.45, 2.75) is 44.7 Å². The van der Waals surface area contributed by atoms with Crippen molar-refractivity contribution < 1.29 is 9.59 Å². The van der Waals surface area contributed by atoms with Gasteiger partial charge in [-0.1, -0.05) is 17.7 Å². The van der Waals surface area contributed by atoms with Gasteiger partial charge in [-0.3, -0.25) is 9.59 Å². The molecular weight excluding hydrogens is 314 g/mol. The molecule has 1 aliphatic carbocycles. The van der Waals surface area contributed by atoms with Gasteiger partial charge in [-0.25, -0.2) is 0 Å². The van der Waals surface area contributed by atoms with Crippen molar-refractivity contribution in [2.24, 2.45) is 0 Å². The number of rotatable bonds is 5. The number of likely N-dealkylation sites (N-methyl/N-ethyl adjacent to an activating group) is 1. The first-order valence-corrected chi connectivity index (χ1v) is 8.27. The molecule has 2 atom stereocenters. The van der Waals surface area contributed by atoms with E-state index in [0.29, 0.717) is 16.8 Å². The molecule has 2 N–H and O–H groups in total. The van der Waals surface area contributed by atoms with Gasteiger partial charge in [0.2, 0.25) is 11.8 Å². The highest BCUT2D eigenvalue weighted by Gasteiger charge is 2.30. The lowest BCUT2D eigenvalue weighted by atomic mass is 10.1. The van der Waals surface area contributed by atoms with Crippen molar-refractivity contribution in [1.82, 2.24) is 10.2 Å². The SMILES string of the molecule is Cc1c(Cl)cccc1NC(=O)CC(=O)N[C@@H]1CCC[C@H]1N(C)C. The van der Waals surface area contributed by atoms with E-state index in [9.17, 15) is 9.59 Å². The second-order valence-corrected chi connectivity index (χ2v) is 6.68. The number of benzene rings is 1. The van der Waals surface area contributed by atoms with Crippen LogP contribution in [-0.2, 0) is 9.59 Å². The van der Waals surface area contributed by atoms with E-state index in [1.165, 1.54) is 0 Å². The molecule has 1 aromatic carbocycles. The van der Waals surface area contributed by atoms with E-state index in [-0.39, 0.29) is 24.3 Å². The van der Waals surface area contributed by atoms with Gasteiger partial charge >= 0.3 is 0 Å². The number of nitrogens with zero attached hydrogens (tertiary/aromatic N) is 1. The summed E-state index contributed by atoms with van der Waals surface area (Å²) in [7, 11) is 4.04. The van der Waals surface area contributed by atoms with E-state index in [2.05, 4.69) is 15.5 Å². The van der Waals surface area contributed by atoms with Crippen molar-refractivity contribution in [2.75, 3.05) is 19.4 Å². The lowest BCUT2D eigenvalue weighted by Gasteiger charge is -2.26. The summed E-state index contributed by atoms with van der Waals surface area (Å²) in [6.07, 6.45) is 2.96. The van der Waals surface area contributed by atoms with Crippen molar-refractivity contribution >= 4 is 29.1 Å². The number of carbonyl (C=O) groups is 2. The third kappa shape index (κ3) is 4.69. The molecule has 5 nitrogen and oxygen atoms in total. The van der Waals surface area contributed by atoms with Gasteiger partial charge in [0.25, 0.3) is 0 Å². The van der Waals surface area contributed by atoms with Gasteiger partial charge in [-0.05, 0) is 58.0 Å². The Kier molecular flexibility index (Phi) is 6.02. The number of carbonyl (C=O) groups excluding carboxylic acids is 2. The molecule has 6 heteroatoms. The van der Waals surface area contributed by atoms with Gasteiger partial charge in [-0.2, -0.15) is 0 Å². The highest BCUT2D eigenvalue weighted by Crippen LogP contribution is 2.24. The highest BCUT2D eigenvalue weighted by atomic mass is 35.5. The molecule has 0 unspecified atom stereocenters. The Bertz CT molecular complexity index is 589. The van der Waals surface area contributed by atoms with Crippen LogP contribution in [0.4, 0.5) is 5.69 Å². The van der Waals surface area contributed by atoms with Crippen LogP contribution in [0, 0.1) is 6.92 Å². The molecule has 2 rings (SSSR count). The lowest BCUT2D eigenvalue weighted by Crippen LogP contribution is -2.46. The molecule has 1 aliphatic rings. The van der Waals surface area contributed by atoms with Crippen LogP contribution in [0.1, 0.15) is 31.2 Å². The second kappa shape index (κ2) is 7.79. The zero-order valence-electron chi connectivity index (χ0n) is 13.9. The van der Waals surface area contributed by atoms with E-state index >= 15 is 0 Å². The van der Waals surface area contributed by atoms with Crippen LogP contribution >= 0.6 is 11.6 Å². The number of hydrogen-bond acceptors (Lipinski definition) is 3. The summed E-state index contributed by atoms with van der Waals surface area (Å²) in [6.45, 7) is 1.83. The van der Waals surface area contributed by atoms with Crippen LogP contribution in [0.25, 0.3) is 0 Å². The summed E-state index contributed by atoms with van der Waals surface area (Å²) in [6, 6.07) is 5.78. The van der Waals surface area contributed by atoms with E-state index in [4.69, 9.17) is 11.6 Å². The monoisotopic (exact) mass is 337 g/mol. The Hall–Kier alpha value is -1.59. The molecule has 1 aromatic rings. The zero-order chi connectivity index (χ0) is 17.0. The van der Waals surface area contributed by atoms with Gasteiger partial charge in [0.1, 0.15) is 6.42 Å². The van der Waals surface area contributed by atoms with Gasteiger partial charge in [0.15, 0.2) is 0 Å². The molecule has 0 spiro atoms. The molecule has 0 aromatic heterocycles. The highest BCUT2D eigenvalue weighted by molar-refractivity contribution is 6.31. The first-order valence-electron chi connectivity index (χ1n) is 7.89. The van der Waals surface area contributed by atoms with Gasteiger partial charge in [0.05, 0.1) is 0 Å². The predicted octanol–water partition coefficient (Wildman–Crippen LogP) is 2.58. The standard InChI is InChI=1S/C17H24ClN3O2/c1-11-12(18)6-4-7-13(11)19-16(22)10-17(23)20-14-8-5-9-15(14)21(2)3/h4,6-7,14-15H,5,8-10H2,1-3H3,(H,19,22)(H,20,23)/t14-,15-/m1/s1. The van der Waals surface area contributed by atoms with Crippen LogP contribution in [0.3, 0.4) is 0 Å². The third-order valence-corrected chi connectivity index (χ3v) is 4.76. The van der Waals surface area contributed by atoms with Crippen molar-refractivity contribution in [3.8, 4) is 0 Å².